The number of hydrogen-bond donors (Lipinski definition) is 1. The maximum atomic E-state index is 5.63. The topological polar surface area (TPSA) is 21.3 Å². The largest absolute Gasteiger partial charge is 0.494 e. The van der Waals surface area contributed by atoms with E-state index in [1.54, 1.807) is 0 Å². The highest BCUT2D eigenvalue weighted by molar-refractivity contribution is 5.36. The van der Waals surface area contributed by atoms with Gasteiger partial charge in [-0.05, 0) is 43.7 Å². The quantitative estimate of drug-likeness (QED) is 0.852. The minimum absolute atomic E-state index is 0.218. The first-order valence-corrected chi connectivity index (χ1v) is 7.21. The summed E-state index contributed by atoms with van der Waals surface area (Å²) >= 11 is 0. The molecular weight excluding hydrogens is 246 g/mol. The van der Waals surface area contributed by atoms with Gasteiger partial charge >= 0.3 is 0 Å². The molecule has 0 radical (unpaired) electrons. The Morgan fingerprint density at radius 1 is 1.05 bits per heavy atom. The lowest BCUT2D eigenvalue weighted by Crippen LogP contribution is -2.17. The van der Waals surface area contributed by atoms with E-state index in [0.29, 0.717) is 0 Å². The third-order valence-electron chi connectivity index (χ3n) is 3.35. The third kappa shape index (κ3) is 3.61. The molecule has 2 aromatic rings. The van der Waals surface area contributed by atoms with Crippen LogP contribution in [0.3, 0.4) is 0 Å². The monoisotopic (exact) mass is 269 g/mol. The normalized spacial score (nSPS) is 12.2. The summed E-state index contributed by atoms with van der Waals surface area (Å²) < 4.78 is 5.63. The second-order valence-electron chi connectivity index (χ2n) is 5.05. The summed E-state index contributed by atoms with van der Waals surface area (Å²) in [4.78, 5) is 0. The molecule has 0 aliphatic carbocycles. The first-order chi connectivity index (χ1) is 9.74. The van der Waals surface area contributed by atoms with Crippen molar-refractivity contribution in [1.29, 1.82) is 0 Å². The molecule has 0 fully saturated rings. The maximum absolute atomic E-state index is 5.63. The lowest BCUT2D eigenvalue weighted by atomic mass is 9.97. The van der Waals surface area contributed by atoms with Crippen LogP contribution in [-0.2, 0) is 0 Å². The number of hydrogen-bond acceptors (Lipinski definition) is 2. The summed E-state index contributed by atoms with van der Waals surface area (Å²) in [7, 11) is 1.99. The molecule has 2 rings (SSSR count). The van der Waals surface area contributed by atoms with E-state index in [0.717, 1.165) is 18.8 Å². The molecule has 0 saturated carbocycles. The van der Waals surface area contributed by atoms with Crippen LogP contribution < -0.4 is 10.1 Å². The third-order valence-corrected chi connectivity index (χ3v) is 3.35. The Hall–Kier alpha value is -1.80. The highest BCUT2D eigenvalue weighted by Crippen LogP contribution is 2.24. The molecule has 0 bridgehead atoms. The van der Waals surface area contributed by atoms with Crippen molar-refractivity contribution in [2.45, 2.75) is 26.3 Å². The number of ether oxygens (including phenoxy) is 1. The van der Waals surface area contributed by atoms with Crippen LogP contribution in [0, 0.1) is 6.92 Å². The SMILES string of the molecule is CCCOc1ccc(C(NC)c2cccc(C)c2)cc1. The van der Waals surface area contributed by atoms with E-state index in [1.165, 1.54) is 16.7 Å². The van der Waals surface area contributed by atoms with Gasteiger partial charge in [-0.3, -0.25) is 0 Å². The van der Waals surface area contributed by atoms with Crippen molar-refractivity contribution in [3.8, 4) is 5.75 Å². The van der Waals surface area contributed by atoms with Gasteiger partial charge in [0.15, 0.2) is 0 Å². The van der Waals surface area contributed by atoms with Crippen molar-refractivity contribution in [3.05, 3.63) is 65.2 Å². The van der Waals surface area contributed by atoms with Gasteiger partial charge in [0.1, 0.15) is 5.75 Å². The molecule has 2 heteroatoms. The second-order valence-corrected chi connectivity index (χ2v) is 5.05. The fourth-order valence-corrected chi connectivity index (χ4v) is 2.35. The van der Waals surface area contributed by atoms with Gasteiger partial charge in [0.05, 0.1) is 12.6 Å². The van der Waals surface area contributed by atoms with Gasteiger partial charge in [0.25, 0.3) is 0 Å². The fraction of sp³-hybridized carbons (Fsp3) is 0.333. The molecule has 0 aromatic heterocycles. The minimum atomic E-state index is 0.218. The second kappa shape index (κ2) is 7.11. The van der Waals surface area contributed by atoms with E-state index in [-0.39, 0.29) is 6.04 Å². The summed E-state index contributed by atoms with van der Waals surface area (Å²) in [6, 6.07) is 17.2. The Morgan fingerprint density at radius 2 is 1.80 bits per heavy atom. The molecule has 0 saturated heterocycles. The summed E-state index contributed by atoms with van der Waals surface area (Å²) in [6.07, 6.45) is 1.03. The van der Waals surface area contributed by atoms with Gasteiger partial charge in [-0.1, -0.05) is 48.9 Å². The Balaban J connectivity index is 2.19. The molecule has 20 heavy (non-hydrogen) atoms. The molecule has 2 aromatic carbocycles. The van der Waals surface area contributed by atoms with E-state index in [1.807, 2.05) is 19.2 Å². The summed E-state index contributed by atoms with van der Waals surface area (Å²) in [5.41, 5.74) is 3.82. The number of rotatable bonds is 6. The summed E-state index contributed by atoms with van der Waals surface area (Å²) in [5, 5.41) is 3.38. The van der Waals surface area contributed by atoms with E-state index in [4.69, 9.17) is 4.74 Å². The number of benzene rings is 2. The van der Waals surface area contributed by atoms with E-state index in [9.17, 15) is 0 Å². The predicted octanol–water partition coefficient (Wildman–Crippen LogP) is 4.09. The summed E-state index contributed by atoms with van der Waals surface area (Å²) in [5.74, 6) is 0.940. The molecule has 1 N–H and O–H groups in total. The predicted molar refractivity (Wildman–Crippen MR) is 84.3 cm³/mol. The Labute approximate surface area is 121 Å². The average Bonchev–Trinajstić information content (AvgIpc) is 2.47. The zero-order valence-electron chi connectivity index (χ0n) is 12.5. The van der Waals surface area contributed by atoms with Gasteiger partial charge in [0, 0.05) is 0 Å². The lowest BCUT2D eigenvalue weighted by molar-refractivity contribution is 0.317. The van der Waals surface area contributed by atoms with Crippen molar-refractivity contribution in [3.63, 3.8) is 0 Å². The molecule has 106 valence electrons. The Bertz CT molecular complexity index is 533. The van der Waals surface area contributed by atoms with Gasteiger partial charge in [-0.25, -0.2) is 0 Å². The van der Waals surface area contributed by atoms with E-state index in [2.05, 4.69) is 55.6 Å². The minimum Gasteiger partial charge on any atom is -0.494 e. The molecule has 1 atom stereocenters. The van der Waals surface area contributed by atoms with Crippen molar-refractivity contribution in [2.75, 3.05) is 13.7 Å². The van der Waals surface area contributed by atoms with Crippen LogP contribution >= 0.6 is 0 Å². The lowest BCUT2D eigenvalue weighted by Gasteiger charge is -2.18. The van der Waals surface area contributed by atoms with Crippen LogP contribution in [0.25, 0.3) is 0 Å². The maximum Gasteiger partial charge on any atom is 0.119 e. The highest BCUT2D eigenvalue weighted by atomic mass is 16.5. The van der Waals surface area contributed by atoms with Crippen LogP contribution in [0.1, 0.15) is 36.1 Å². The summed E-state index contributed by atoms with van der Waals surface area (Å²) in [6.45, 7) is 5.01. The van der Waals surface area contributed by atoms with Gasteiger partial charge in [-0.2, -0.15) is 0 Å². The number of aryl methyl sites for hydroxylation is 1. The van der Waals surface area contributed by atoms with E-state index >= 15 is 0 Å². The van der Waals surface area contributed by atoms with Gasteiger partial charge in [-0.15, -0.1) is 0 Å². The van der Waals surface area contributed by atoms with E-state index < -0.39 is 0 Å². The standard InChI is InChI=1S/C18H23NO/c1-4-12-20-17-10-8-15(9-11-17)18(19-3)16-7-5-6-14(2)13-16/h5-11,13,18-19H,4,12H2,1-3H3. The van der Waals surface area contributed by atoms with Crippen LogP contribution in [-0.4, -0.2) is 13.7 Å². The molecule has 2 nitrogen and oxygen atoms in total. The zero-order chi connectivity index (χ0) is 14.4. The highest BCUT2D eigenvalue weighted by Gasteiger charge is 2.11. The average molecular weight is 269 g/mol. The Kier molecular flexibility index (Phi) is 5.19. The molecular formula is C18H23NO. The van der Waals surface area contributed by atoms with Crippen LogP contribution in [0.5, 0.6) is 5.75 Å². The van der Waals surface area contributed by atoms with Crippen molar-refractivity contribution in [2.24, 2.45) is 0 Å². The van der Waals surface area contributed by atoms with Crippen LogP contribution in [0.4, 0.5) is 0 Å². The molecule has 1 unspecified atom stereocenters. The molecule has 0 aliphatic rings. The molecule has 0 aliphatic heterocycles. The fourth-order valence-electron chi connectivity index (χ4n) is 2.35. The molecule has 0 heterocycles. The Morgan fingerprint density at radius 3 is 2.40 bits per heavy atom. The smallest absolute Gasteiger partial charge is 0.119 e. The van der Waals surface area contributed by atoms with Gasteiger partial charge in [0.2, 0.25) is 0 Å². The van der Waals surface area contributed by atoms with Gasteiger partial charge < -0.3 is 10.1 Å². The van der Waals surface area contributed by atoms with Crippen LogP contribution in [0.2, 0.25) is 0 Å². The first-order valence-electron chi connectivity index (χ1n) is 7.21. The van der Waals surface area contributed by atoms with Crippen molar-refractivity contribution >= 4 is 0 Å². The zero-order valence-corrected chi connectivity index (χ0v) is 12.5. The number of nitrogens with one attached hydrogen (secondary N) is 1. The molecule has 0 amide bonds. The molecule has 0 spiro atoms. The van der Waals surface area contributed by atoms with Crippen LogP contribution in [0.15, 0.2) is 48.5 Å². The van der Waals surface area contributed by atoms with Crippen molar-refractivity contribution in [1.82, 2.24) is 5.32 Å². The first kappa shape index (κ1) is 14.6. The van der Waals surface area contributed by atoms with Crippen molar-refractivity contribution < 1.29 is 4.74 Å².